The van der Waals surface area contributed by atoms with Gasteiger partial charge in [-0.25, -0.2) is 0 Å². The number of para-hydroxylation sites is 2. The van der Waals surface area contributed by atoms with Crippen molar-refractivity contribution < 1.29 is 9.21 Å². The zero-order valence-electron chi connectivity index (χ0n) is 13.2. The van der Waals surface area contributed by atoms with E-state index in [0.29, 0.717) is 5.76 Å². The van der Waals surface area contributed by atoms with Crippen molar-refractivity contribution in [3.8, 4) is 0 Å². The van der Waals surface area contributed by atoms with Crippen LogP contribution >= 0.6 is 0 Å². The summed E-state index contributed by atoms with van der Waals surface area (Å²) in [7, 11) is 0. The van der Waals surface area contributed by atoms with E-state index in [4.69, 9.17) is 4.42 Å². The Hall–Kier alpha value is -2.49. The molecule has 2 aromatic rings. The van der Waals surface area contributed by atoms with E-state index in [1.807, 2.05) is 24.3 Å². The van der Waals surface area contributed by atoms with E-state index >= 15 is 0 Å². The van der Waals surface area contributed by atoms with E-state index in [-0.39, 0.29) is 5.91 Å². The molecule has 0 bridgehead atoms. The average molecular weight is 310 g/mol. The molecule has 4 heteroatoms. The molecule has 1 fully saturated rings. The summed E-state index contributed by atoms with van der Waals surface area (Å²) >= 11 is 0. The Bertz CT molecular complexity index is 654. The van der Waals surface area contributed by atoms with Crippen LogP contribution in [0, 0.1) is 0 Å². The number of anilines is 2. The summed E-state index contributed by atoms with van der Waals surface area (Å²) in [5.41, 5.74) is 1.97. The maximum Gasteiger partial charge on any atom is 0.248 e. The number of rotatable bonds is 4. The van der Waals surface area contributed by atoms with Gasteiger partial charge in [-0.3, -0.25) is 4.79 Å². The number of furan rings is 1. The van der Waals surface area contributed by atoms with Crippen LogP contribution in [0.5, 0.6) is 0 Å². The molecule has 1 aromatic heterocycles. The van der Waals surface area contributed by atoms with Gasteiger partial charge in [0.15, 0.2) is 0 Å². The second-order valence-electron chi connectivity index (χ2n) is 5.76. The van der Waals surface area contributed by atoms with Gasteiger partial charge >= 0.3 is 0 Å². The smallest absolute Gasteiger partial charge is 0.248 e. The van der Waals surface area contributed by atoms with Crippen LogP contribution in [0.4, 0.5) is 11.4 Å². The fourth-order valence-corrected chi connectivity index (χ4v) is 2.88. The molecule has 1 aliphatic heterocycles. The van der Waals surface area contributed by atoms with Gasteiger partial charge < -0.3 is 14.6 Å². The summed E-state index contributed by atoms with van der Waals surface area (Å²) in [6, 6.07) is 11.6. The largest absolute Gasteiger partial charge is 0.465 e. The molecule has 0 spiro atoms. The van der Waals surface area contributed by atoms with E-state index in [2.05, 4.69) is 16.3 Å². The zero-order valence-corrected chi connectivity index (χ0v) is 13.2. The van der Waals surface area contributed by atoms with Crippen LogP contribution in [0.1, 0.15) is 31.4 Å². The quantitative estimate of drug-likeness (QED) is 0.856. The number of benzene rings is 1. The van der Waals surface area contributed by atoms with Gasteiger partial charge in [-0.15, -0.1) is 0 Å². The summed E-state index contributed by atoms with van der Waals surface area (Å²) in [5, 5.41) is 2.98. The number of hydrogen-bond donors (Lipinski definition) is 1. The molecular formula is C19H22N2O2. The Morgan fingerprint density at radius 3 is 2.57 bits per heavy atom. The lowest BCUT2D eigenvalue weighted by molar-refractivity contribution is -0.111. The molecule has 1 N–H and O–H groups in total. The highest BCUT2D eigenvalue weighted by Crippen LogP contribution is 2.27. The lowest BCUT2D eigenvalue weighted by Gasteiger charge is -2.25. The number of hydrogen-bond acceptors (Lipinski definition) is 3. The van der Waals surface area contributed by atoms with Crippen molar-refractivity contribution in [3.63, 3.8) is 0 Å². The molecule has 0 unspecified atom stereocenters. The summed E-state index contributed by atoms with van der Waals surface area (Å²) in [6.07, 6.45) is 9.75. The van der Waals surface area contributed by atoms with Crippen molar-refractivity contribution in [1.82, 2.24) is 0 Å². The lowest BCUT2D eigenvalue weighted by atomic mass is 10.2. The minimum absolute atomic E-state index is 0.149. The minimum atomic E-state index is -0.149. The highest BCUT2D eigenvalue weighted by molar-refractivity contribution is 6.03. The molecule has 120 valence electrons. The maximum absolute atomic E-state index is 12.2. The first-order valence-electron chi connectivity index (χ1n) is 8.19. The molecule has 1 aliphatic rings. The second-order valence-corrected chi connectivity index (χ2v) is 5.76. The summed E-state index contributed by atoms with van der Waals surface area (Å²) in [4.78, 5) is 14.5. The van der Waals surface area contributed by atoms with Gasteiger partial charge in [-0.2, -0.15) is 0 Å². The van der Waals surface area contributed by atoms with Crippen molar-refractivity contribution >= 4 is 23.4 Å². The normalized spacial score (nSPS) is 15.6. The Kier molecular flexibility index (Phi) is 5.14. The molecule has 3 rings (SSSR count). The van der Waals surface area contributed by atoms with Crippen LogP contribution in [0.15, 0.2) is 53.2 Å². The Morgan fingerprint density at radius 1 is 1.04 bits per heavy atom. The molecule has 2 heterocycles. The average Bonchev–Trinajstić information content (AvgIpc) is 2.95. The van der Waals surface area contributed by atoms with E-state index in [1.165, 1.54) is 31.8 Å². The maximum atomic E-state index is 12.2. The van der Waals surface area contributed by atoms with Crippen molar-refractivity contribution in [2.24, 2.45) is 0 Å². The molecule has 0 aliphatic carbocycles. The van der Waals surface area contributed by atoms with E-state index in [0.717, 1.165) is 24.5 Å². The molecule has 23 heavy (non-hydrogen) atoms. The lowest BCUT2D eigenvalue weighted by Crippen LogP contribution is -2.25. The second kappa shape index (κ2) is 7.68. The molecule has 0 radical (unpaired) electrons. The molecule has 1 aromatic carbocycles. The first-order chi connectivity index (χ1) is 11.3. The van der Waals surface area contributed by atoms with Gasteiger partial charge in [-0.1, -0.05) is 25.0 Å². The Labute approximate surface area is 136 Å². The molecule has 0 atom stereocenters. The molecule has 1 saturated heterocycles. The minimum Gasteiger partial charge on any atom is -0.465 e. The molecule has 4 nitrogen and oxygen atoms in total. The fraction of sp³-hybridized carbons (Fsp3) is 0.316. The first-order valence-corrected chi connectivity index (χ1v) is 8.19. The van der Waals surface area contributed by atoms with Crippen LogP contribution in [0.2, 0.25) is 0 Å². The van der Waals surface area contributed by atoms with E-state index in [9.17, 15) is 4.79 Å². The SMILES string of the molecule is O=C(/C=C/c1ccco1)Nc1ccccc1N1CCCCCC1. The van der Waals surface area contributed by atoms with Crippen LogP contribution in [-0.4, -0.2) is 19.0 Å². The monoisotopic (exact) mass is 310 g/mol. The van der Waals surface area contributed by atoms with Gasteiger partial charge in [0.25, 0.3) is 0 Å². The molecule has 0 saturated carbocycles. The van der Waals surface area contributed by atoms with E-state index in [1.54, 1.807) is 18.4 Å². The van der Waals surface area contributed by atoms with Crippen molar-refractivity contribution in [2.75, 3.05) is 23.3 Å². The number of amides is 1. The summed E-state index contributed by atoms with van der Waals surface area (Å²) in [6.45, 7) is 2.10. The van der Waals surface area contributed by atoms with E-state index < -0.39 is 0 Å². The predicted octanol–water partition coefficient (Wildman–Crippen LogP) is 4.31. The number of nitrogens with one attached hydrogen (secondary N) is 1. The van der Waals surface area contributed by atoms with Crippen molar-refractivity contribution in [2.45, 2.75) is 25.7 Å². The highest BCUT2D eigenvalue weighted by Gasteiger charge is 2.14. The standard InChI is InChI=1S/C19H22N2O2/c22-19(12-11-16-8-7-15-23-16)20-17-9-3-4-10-18(17)21-13-5-1-2-6-14-21/h3-4,7-12,15H,1-2,5-6,13-14H2,(H,20,22)/b12-11+. The van der Waals surface area contributed by atoms with Crippen LogP contribution < -0.4 is 10.2 Å². The Morgan fingerprint density at radius 2 is 1.83 bits per heavy atom. The van der Waals surface area contributed by atoms with Gasteiger partial charge in [-0.05, 0) is 43.2 Å². The van der Waals surface area contributed by atoms with Crippen LogP contribution in [-0.2, 0) is 4.79 Å². The summed E-state index contributed by atoms with van der Waals surface area (Å²) in [5.74, 6) is 0.518. The van der Waals surface area contributed by atoms with Crippen LogP contribution in [0.25, 0.3) is 6.08 Å². The third-order valence-electron chi connectivity index (χ3n) is 4.05. The number of nitrogens with zero attached hydrogens (tertiary/aromatic N) is 1. The van der Waals surface area contributed by atoms with Crippen molar-refractivity contribution in [1.29, 1.82) is 0 Å². The van der Waals surface area contributed by atoms with Gasteiger partial charge in [0, 0.05) is 19.2 Å². The highest BCUT2D eigenvalue weighted by atomic mass is 16.3. The molecular weight excluding hydrogens is 288 g/mol. The van der Waals surface area contributed by atoms with Gasteiger partial charge in [0.05, 0.1) is 17.6 Å². The number of carbonyl (C=O) groups is 1. The Balaban J connectivity index is 1.71. The third-order valence-corrected chi connectivity index (χ3v) is 4.05. The third kappa shape index (κ3) is 4.25. The number of carbonyl (C=O) groups excluding carboxylic acids is 1. The predicted molar refractivity (Wildman–Crippen MR) is 93.5 cm³/mol. The van der Waals surface area contributed by atoms with Crippen LogP contribution in [0.3, 0.4) is 0 Å². The van der Waals surface area contributed by atoms with Crippen molar-refractivity contribution in [3.05, 3.63) is 54.5 Å². The van der Waals surface area contributed by atoms with Gasteiger partial charge in [0.1, 0.15) is 5.76 Å². The summed E-state index contributed by atoms with van der Waals surface area (Å²) < 4.78 is 5.19. The molecule has 1 amide bonds. The first kappa shape index (κ1) is 15.4. The zero-order chi connectivity index (χ0) is 15.9. The topological polar surface area (TPSA) is 45.5 Å². The van der Waals surface area contributed by atoms with Gasteiger partial charge in [0.2, 0.25) is 5.91 Å². The fourth-order valence-electron chi connectivity index (χ4n) is 2.88.